The molecule has 35 heavy (non-hydrogen) atoms. The number of rotatable bonds is 7. The third-order valence-corrected chi connectivity index (χ3v) is 6.70. The molecule has 2 aliphatic heterocycles. The molecule has 2 amide bonds. The zero-order valence-corrected chi connectivity index (χ0v) is 21.0. The molecule has 7 nitrogen and oxygen atoms in total. The number of para-hydroxylation sites is 1. The molecule has 0 bridgehead atoms. The molecule has 5 rings (SSSR count). The smallest absolute Gasteiger partial charge is 0.266 e. The number of ether oxygens (including phenoxy) is 2. The molecule has 3 atom stereocenters. The van der Waals surface area contributed by atoms with Crippen LogP contribution in [0.5, 0.6) is 11.5 Å². The molecule has 2 aliphatic rings. The highest BCUT2D eigenvalue weighted by Crippen LogP contribution is 2.50. The topological polar surface area (TPSA) is 68.3 Å². The van der Waals surface area contributed by atoms with E-state index in [9.17, 15) is 9.59 Å². The van der Waals surface area contributed by atoms with Crippen molar-refractivity contribution >= 4 is 39.1 Å². The van der Waals surface area contributed by atoms with E-state index in [-0.39, 0.29) is 11.8 Å². The molecule has 2 heterocycles. The third-order valence-electron chi connectivity index (χ3n) is 6.20. The number of hydroxylamine groups is 1. The van der Waals surface area contributed by atoms with Gasteiger partial charge in [-0.3, -0.25) is 14.4 Å². The quantitative estimate of drug-likeness (QED) is 0.382. The van der Waals surface area contributed by atoms with Crippen LogP contribution in [0.4, 0.5) is 11.4 Å². The van der Waals surface area contributed by atoms with Gasteiger partial charge in [0.05, 0.1) is 31.1 Å². The number of carbonyl (C=O) groups excluding carboxylic acids is 2. The van der Waals surface area contributed by atoms with E-state index in [4.69, 9.17) is 14.3 Å². The van der Waals surface area contributed by atoms with Crippen molar-refractivity contribution in [1.82, 2.24) is 0 Å². The summed E-state index contributed by atoms with van der Waals surface area (Å²) in [5, 5.41) is 1.66. The molecule has 3 aromatic rings. The van der Waals surface area contributed by atoms with Crippen LogP contribution in [0.3, 0.4) is 0 Å². The van der Waals surface area contributed by atoms with E-state index in [0.717, 1.165) is 22.1 Å². The van der Waals surface area contributed by atoms with Gasteiger partial charge in [0.25, 0.3) is 5.91 Å². The van der Waals surface area contributed by atoms with Crippen molar-refractivity contribution in [1.29, 1.82) is 0 Å². The average Bonchev–Trinajstić information content (AvgIpc) is 3.39. The van der Waals surface area contributed by atoms with Gasteiger partial charge in [-0.25, -0.2) is 9.96 Å². The second-order valence-electron chi connectivity index (χ2n) is 8.40. The highest BCUT2D eigenvalue weighted by atomic mass is 79.9. The van der Waals surface area contributed by atoms with Gasteiger partial charge in [-0.1, -0.05) is 41.1 Å². The molecular weight excluding hydrogens is 512 g/mol. The summed E-state index contributed by atoms with van der Waals surface area (Å²) >= 11 is 3.53. The first kappa shape index (κ1) is 23.4. The number of amides is 2. The maximum Gasteiger partial charge on any atom is 0.266 e. The van der Waals surface area contributed by atoms with Gasteiger partial charge in [0, 0.05) is 10.0 Å². The minimum Gasteiger partial charge on any atom is -0.496 e. The van der Waals surface area contributed by atoms with E-state index in [0.29, 0.717) is 23.8 Å². The lowest BCUT2D eigenvalue weighted by Gasteiger charge is -2.29. The molecule has 0 saturated carbocycles. The summed E-state index contributed by atoms with van der Waals surface area (Å²) in [5.41, 5.74) is 2.00. The van der Waals surface area contributed by atoms with Crippen LogP contribution in [-0.2, 0) is 14.4 Å². The van der Waals surface area contributed by atoms with E-state index in [1.54, 1.807) is 36.4 Å². The Balaban J connectivity index is 1.54. The number of imide groups is 1. The summed E-state index contributed by atoms with van der Waals surface area (Å²) in [6, 6.07) is 21.5. The van der Waals surface area contributed by atoms with Gasteiger partial charge in [-0.05, 0) is 61.0 Å². The lowest BCUT2D eigenvalue weighted by Crippen LogP contribution is -2.37. The maximum atomic E-state index is 13.8. The average molecular weight is 537 g/mol. The number of halogens is 1. The normalized spacial score (nSPS) is 21.4. The highest BCUT2D eigenvalue weighted by Gasteiger charge is 2.60. The van der Waals surface area contributed by atoms with Gasteiger partial charge in [0.2, 0.25) is 5.91 Å². The second-order valence-corrected chi connectivity index (χ2v) is 9.31. The molecule has 0 N–H and O–H groups in total. The number of hydrogen-bond acceptors (Lipinski definition) is 6. The number of anilines is 2. The van der Waals surface area contributed by atoms with Crippen molar-refractivity contribution in [2.24, 2.45) is 5.92 Å². The fourth-order valence-corrected chi connectivity index (χ4v) is 5.01. The van der Waals surface area contributed by atoms with E-state index < -0.39 is 18.1 Å². The molecular formula is C27H25BrN2O5. The zero-order chi connectivity index (χ0) is 24.5. The van der Waals surface area contributed by atoms with Crippen molar-refractivity contribution in [3.05, 3.63) is 82.8 Å². The van der Waals surface area contributed by atoms with Gasteiger partial charge in [0.15, 0.2) is 6.10 Å². The summed E-state index contributed by atoms with van der Waals surface area (Å²) < 4.78 is 12.1. The van der Waals surface area contributed by atoms with E-state index in [1.165, 1.54) is 4.90 Å². The fraction of sp³-hybridized carbons (Fsp3) is 0.259. The minimum atomic E-state index is -0.951. The Morgan fingerprint density at radius 3 is 2.37 bits per heavy atom. The molecule has 0 radical (unpaired) electrons. The first-order valence-electron chi connectivity index (χ1n) is 11.5. The first-order chi connectivity index (χ1) is 17.0. The van der Waals surface area contributed by atoms with Crippen LogP contribution < -0.4 is 19.4 Å². The van der Waals surface area contributed by atoms with Crippen molar-refractivity contribution in [2.75, 3.05) is 23.7 Å². The van der Waals surface area contributed by atoms with E-state index in [1.807, 2.05) is 55.5 Å². The monoisotopic (exact) mass is 536 g/mol. The Morgan fingerprint density at radius 2 is 1.69 bits per heavy atom. The number of methoxy groups -OCH3 is 1. The van der Waals surface area contributed by atoms with Crippen LogP contribution in [0.1, 0.15) is 24.9 Å². The number of carbonyl (C=O) groups is 2. The van der Waals surface area contributed by atoms with Crippen molar-refractivity contribution in [3.63, 3.8) is 0 Å². The molecule has 2 fully saturated rings. The Labute approximate surface area is 212 Å². The number of benzene rings is 3. The molecule has 3 aromatic carbocycles. The summed E-state index contributed by atoms with van der Waals surface area (Å²) in [4.78, 5) is 34.8. The molecule has 180 valence electrons. The summed E-state index contributed by atoms with van der Waals surface area (Å²) in [5.74, 6) is -0.146. The Morgan fingerprint density at radius 1 is 0.943 bits per heavy atom. The Kier molecular flexibility index (Phi) is 6.49. The van der Waals surface area contributed by atoms with Crippen LogP contribution >= 0.6 is 15.9 Å². The number of nitrogens with zero attached hydrogens (tertiary/aromatic N) is 2. The molecule has 2 saturated heterocycles. The SMILES string of the molecule is CCCOc1ccc(N2C(=O)[C@@H]3[C@@H](c4cc(Br)ccc4OC)N(c4ccccc4)O[C@H]3C2=O)cc1. The fourth-order valence-electron chi connectivity index (χ4n) is 4.63. The maximum absolute atomic E-state index is 13.8. The van der Waals surface area contributed by atoms with Crippen molar-refractivity contribution in [3.8, 4) is 11.5 Å². The Hall–Kier alpha value is -3.36. The molecule has 0 aliphatic carbocycles. The lowest BCUT2D eigenvalue weighted by atomic mass is 9.90. The van der Waals surface area contributed by atoms with Crippen LogP contribution in [0.25, 0.3) is 0 Å². The van der Waals surface area contributed by atoms with Gasteiger partial charge < -0.3 is 9.47 Å². The van der Waals surface area contributed by atoms with Gasteiger partial charge >= 0.3 is 0 Å². The molecule has 0 spiro atoms. The first-order valence-corrected chi connectivity index (χ1v) is 12.3. The summed E-state index contributed by atoms with van der Waals surface area (Å²) in [6.45, 7) is 2.63. The predicted octanol–water partition coefficient (Wildman–Crippen LogP) is 5.30. The summed E-state index contributed by atoms with van der Waals surface area (Å²) in [6.07, 6.45) is -0.0587. The molecule has 8 heteroatoms. The van der Waals surface area contributed by atoms with E-state index >= 15 is 0 Å². The second kappa shape index (κ2) is 9.71. The molecule has 0 aromatic heterocycles. The zero-order valence-electron chi connectivity index (χ0n) is 19.4. The largest absolute Gasteiger partial charge is 0.496 e. The minimum absolute atomic E-state index is 0.312. The van der Waals surface area contributed by atoms with Gasteiger partial charge in [-0.2, -0.15) is 0 Å². The third kappa shape index (κ3) is 4.17. The van der Waals surface area contributed by atoms with E-state index in [2.05, 4.69) is 15.9 Å². The van der Waals surface area contributed by atoms with Crippen LogP contribution in [-0.4, -0.2) is 31.6 Å². The van der Waals surface area contributed by atoms with Crippen LogP contribution in [0, 0.1) is 5.92 Å². The van der Waals surface area contributed by atoms with Crippen LogP contribution in [0.15, 0.2) is 77.3 Å². The standard InChI is InChI=1S/C27H25BrN2O5/c1-3-15-34-20-12-10-18(11-13-20)29-26(31)23-24(21-16-17(28)9-14-22(21)33-2)30(35-25(23)27(29)32)19-7-5-4-6-8-19/h4-14,16,23-25H,3,15H2,1-2H3/t23-,24-,25-/m1/s1. The lowest BCUT2D eigenvalue weighted by molar-refractivity contribution is -0.126. The number of fused-ring (bicyclic) bond motifs is 1. The Bertz CT molecular complexity index is 1230. The summed E-state index contributed by atoms with van der Waals surface area (Å²) in [7, 11) is 1.59. The van der Waals surface area contributed by atoms with Gasteiger partial charge in [0.1, 0.15) is 17.4 Å². The predicted molar refractivity (Wildman–Crippen MR) is 135 cm³/mol. The molecule has 0 unspecified atom stereocenters. The van der Waals surface area contributed by atoms with Crippen molar-refractivity contribution in [2.45, 2.75) is 25.5 Å². The van der Waals surface area contributed by atoms with Crippen molar-refractivity contribution < 1.29 is 23.9 Å². The van der Waals surface area contributed by atoms with Gasteiger partial charge in [-0.15, -0.1) is 0 Å². The van der Waals surface area contributed by atoms with Crippen LogP contribution in [0.2, 0.25) is 0 Å². The number of hydrogen-bond donors (Lipinski definition) is 0. The highest BCUT2D eigenvalue weighted by molar-refractivity contribution is 9.10.